The number of aryl methyl sites for hydroxylation is 1. The number of benzene rings is 2. The summed E-state index contributed by atoms with van der Waals surface area (Å²) in [4.78, 5) is 17.6. The molecule has 1 aliphatic heterocycles. The van der Waals surface area contributed by atoms with E-state index < -0.39 is 0 Å². The van der Waals surface area contributed by atoms with Crippen molar-refractivity contribution in [2.45, 2.75) is 70.0 Å². The predicted molar refractivity (Wildman–Crippen MR) is 128 cm³/mol. The van der Waals surface area contributed by atoms with Crippen LogP contribution in [0.5, 0.6) is 5.75 Å². The summed E-state index contributed by atoms with van der Waals surface area (Å²) < 4.78 is 5.81. The maximum atomic E-state index is 13.1. The number of likely N-dealkylation sites (tertiary alicyclic amines) is 1. The lowest BCUT2D eigenvalue weighted by Crippen LogP contribution is -2.40. The number of amides is 1. The van der Waals surface area contributed by atoms with Crippen LogP contribution in [0.2, 0.25) is 0 Å². The number of rotatable bonds is 6. The van der Waals surface area contributed by atoms with E-state index in [1.807, 2.05) is 36.2 Å². The molecule has 3 aliphatic rings. The average Bonchev–Trinajstić information content (AvgIpc) is 3.60. The van der Waals surface area contributed by atoms with Crippen molar-refractivity contribution in [3.05, 3.63) is 64.7 Å². The highest BCUT2D eigenvalue weighted by molar-refractivity contribution is 5.94. The number of carbonyl (C=O) groups is 1. The second-order valence-electron chi connectivity index (χ2n) is 10.2. The normalized spacial score (nSPS) is 25.4. The number of fused-ring (bicyclic) bond motifs is 1. The van der Waals surface area contributed by atoms with Crippen LogP contribution in [0, 0.1) is 5.92 Å². The molecular formula is C28H36N2O2. The minimum absolute atomic E-state index is 0.102. The molecule has 2 fully saturated rings. The molecule has 0 aromatic heterocycles. The number of hydrogen-bond donors (Lipinski definition) is 0. The van der Waals surface area contributed by atoms with Gasteiger partial charge < -0.3 is 9.64 Å². The molecule has 32 heavy (non-hydrogen) atoms. The third kappa shape index (κ3) is 4.43. The first-order valence-electron chi connectivity index (χ1n) is 12.3. The second-order valence-corrected chi connectivity index (χ2v) is 10.2. The Hall–Kier alpha value is -2.33. The van der Waals surface area contributed by atoms with Gasteiger partial charge in [0.05, 0.1) is 6.61 Å². The standard InChI is InChI=1S/C28H36N2O2/c1-19-4-15-27(29(19)2)24-8-7-23-17-25(12-9-22(23)16-24)30(3)28(31)21-10-13-26(14-11-21)32-18-20-5-6-20/h7-8,10-11,13-14,16,19-20,25,27H,4-6,9,12,15,17-18H2,1-3H3/t19-,25-,27+/m0/s1. The number of ether oxygens (including phenoxy) is 1. The monoisotopic (exact) mass is 432 g/mol. The molecule has 0 unspecified atom stereocenters. The summed E-state index contributed by atoms with van der Waals surface area (Å²) in [6.07, 6.45) is 8.11. The summed E-state index contributed by atoms with van der Waals surface area (Å²) in [5.74, 6) is 1.70. The van der Waals surface area contributed by atoms with E-state index in [2.05, 4.69) is 37.1 Å². The highest BCUT2D eigenvalue weighted by Crippen LogP contribution is 2.36. The van der Waals surface area contributed by atoms with Crippen LogP contribution < -0.4 is 4.74 Å². The van der Waals surface area contributed by atoms with Crippen molar-refractivity contribution in [1.29, 1.82) is 0 Å². The first-order valence-corrected chi connectivity index (χ1v) is 12.3. The van der Waals surface area contributed by atoms with Crippen LogP contribution in [0.3, 0.4) is 0 Å². The Morgan fingerprint density at radius 1 is 1.03 bits per heavy atom. The van der Waals surface area contributed by atoms with Crippen LogP contribution in [-0.2, 0) is 12.8 Å². The lowest BCUT2D eigenvalue weighted by Gasteiger charge is -2.33. The van der Waals surface area contributed by atoms with E-state index in [0.717, 1.165) is 43.1 Å². The van der Waals surface area contributed by atoms with Crippen LogP contribution >= 0.6 is 0 Å². The Kier molecular flexibility index (Phi) is 5.98. The van der Waals surface area contributed by atoms with Crippen molar-refractivity contribution in [2.75, 3.05) is 20.7 Å². The van der Waals surface area contributed by atoms with Gasteiger partial charge in [-0.2, -0.15) is 0 Å². The van der Waals surface area contributed by atoms with Gasteiger partial charge in [0, 0.05) is 30.7 Å². The van der Waals surface area contributed by atoms with Gasteiger partial charge in [-0.05, 0) is 106 Å². The molecule has 3 atom stereocenters. The van der Waals surface area contributed by atoms with Crippen LogP contribution in [0.1, 0.15) is 72.1 Å². The maximum Gasteiger partial charge on any atom is 0.253 e. The molecule has 2 aromatic rings. The van der Waals surface area contributed by atoms with Crippen LogP contribution in [0.4, 0.5) is 0 Å². The molecule has 1 amide bonds. The maximum absolute atomic E-state index is 13.1. The van der Waals surface area contributed by atoms with Crippen molar-refractivity contribution in [3.8, 4) is 5.75 Å². The number of nitrogens with zero attached hydrogens (tertiary/aromatic N) is 2. The van der Waals surface area contributed by atoms with Crippen molar-refractivity contribution >= 4 is 5.91 Å². The largest absolute Gasteiger partial charge is 0.493 e. The third-order valence-corrected chi connectivity index (χ3v) is 8.01. The van der Waals surface area contributed by atoms with Gasteiger partial charge in [0.2, 0.25) is 0 Å². The summed E-state index contributed by atoms with van der Waals surface area (Å²) in [6, 6.07) is 16.2. The molecule has 1 heterocycles. The van der Waals surface area contributed by atoms with Gasteiger partial charge in [0.1, 0.15) is 5.75 Å². The molecular weight excluding hydrogens is 396 g/mol. The molecule has 0 N–H and O–H groups in total. The van der Waals surface area contributed by atoms with Crippen molar-refractivity contribution in [1.82, 2.24) is 9.80 Å². The molecule has 2 aromatic carbocycles. The van der Waals surface area contributed by atoms with E-state index in [1.54, 1.807) is 0 Å². The number of likely N-dealkylation sites (N-methyl/N-ethyl adjacent to an activating group) is 1. The molecule has 1 saturated heterocycles. The molecule has 0 spiro atoms. The minimum atomic E-state index is 0.102. The zero-order valence-corrected chi connectivity index (χ0v) is 19.7. The van der Waals surface area contributed by atoms with Crippen molar-refractivity contribution in [2.24, 2.45) is 5.92 Å². The fourth-order valence-corrected chi connectivity index (χ4v) is 5.37. The van der Waals surface area contributed by atoms with Gasteiger partial charge in [-0.1, -0.05) is 18.2 Å². The van der Waals surface area contributed by atoms with E-state index in [4.69, 9.17) is 4.74 Å². The van der Waals surface area contributed by atoms with Gasteiger partial charge >= 0.3 is 0 Å². The van der Waals surface area contributed by atoms with Crippen LogP contribution in [0.15, 0.2) is 42.5 Å². The zero-order valence-electron chi connectivity index (χ0n) is 19.7. The fraction of sp³-hybridized carbons (Fsp3) is 0.536. The molecule has 4 heteroatoms. The molecule has 0 radical (unpaired) electrons. The summed E-state index contributed by atoms with van der Waals surface area (Å²) in [7, 11) is 4.21. The van der Waals surface area contributed by atoms with Crippen LogP contribution in [0.25, 0.3) is 0 Å². The first kappa shape index (κ1) is 21.5. The van der Waals surface area contributed by atoms with Crippen molar-refractivity contribution < 1.29 is 9.53 Å². The van der Waals surface area contributed by atoms with Crippen LogP contribution in [-0.4, -0.2) is 48.5 Å². The van der Waals surface area contributed by atoms with E-state index in [1.165, 1.54) is 42.4 Å². The Morgan fingerprint density at radius 3 is 2.50 bits per heavy atom. The average molecular weight is 433 g/mol. The first-order chi connectivity index (χ1) is 15.5. The van der Waals surface area contributed by atoms with E-state index in [9.17, 15) is 4.79 Å². The third-order valence-electron chi connectivity index (χ3n) is 8.01. The summed E-state index contributed by atoms with van der Waals surface area (Å²) in [6.45, 7) is 3.12. The molecule has 0 bridgehead atoms. The Balaban J connectivity index is 1.22. The summed E-state index contributed by atoms with van der Waals surface area (Å²) >= 11 is 0. The molecule has 1 saturated carbocycles. The highest BCUT2D eigenvalue weighted by atomic mass is 16.5. The summed E-state index contributed by atoms with van der Waals surface area (Å²) in [5, 5.41) is 0. The van der Waals surface area contributed by atoms with E-state index >= 15 is 0 Å². The molecule has 5 rings (SSSR count). The summed E-state index contributed by atoms with van der Waals surface area (Å²) in [5.41, 5.74) is 5.08. The van der Waals surface area contributed by atoms with E-state index in [0.29, 0.717) is 12.1 Å². The van der Waals surface area contributed by atoms with Gasteiger partial charge in [-0.3, -0.25) is 9.69 Å². The molecule has 4 nitrogen and oxygen atoms in total. The number of carbonyl (C=O) groups excluding carboxylic acids is 1. The second kappa shape index (κ2) is 8.90. The fourth-order valence-electron chi connectivity index (χ4n) is 5.37. The molecule has 2 aliphatic carbocycles. The molecule has 170 valence electrons. The quantitative estimate of drug-likeness (QED) is 0.624. The Labute approximate surface area is 192 Å². The SMILES string of the molecule is C[C@H]1CC[C@H](c2ccc3c(c2)CC[C@H](N(C)C(=O)c2ccc(OCC4CC4)cc2)C3)N1C. The predicted octanol–water partition coefficient (Wildman–Crippen LogP) is 5.26. The van der Waals surface area contributed by atoms with Crippen molar-refractivity contribution in [3.63, 3.8) is 0 Å². The van der Waals surface area contributed by atoms with Gasteiger partial charge in [0.15, 0.2) is 0 Å². The minimum Gasteiger partial charge on any atom is -0.493 e. The lowest BCUT2D eigenvalue weighted by atomic mass is 9.85. The lowest BCUT2D eigenvalue weighted by molar-refractivity contribution is 0.0719. The topological polar surface area (TPSA) is 32.8 Å². The Bertz CT molecular complexity index is 966. The number of hydrogen-bond acceptors (Lipinski definition) is 3. The van der Waals surface area contributed by atoms with Gasteiger partial charge in [-0.25, -0.2) is 0 Å². The zero-order chi connectivity index (χ0) is 22.2. The highest BCUT2D eigenvalue weighted by Gasteiger charge is 2.30. The van der Waals surface area contributed by atoms with E-state index in [-0.39, 0.29) is 11.9 Å². The van der Waals surface area contributed by atoms with Gasteiger partial charge in [0.25, 0.3) is 5.91 Å². The smallest absolute Gasteiger partial charge is 0.253 e. The van der Waals surface area contributed by atoms with Gasteiger partial charge in [-0.15, -0.1) is 0 Å². The Morgan fingerprint density at radius 2 is 1.81 bits per heavy atom.